The molecule has 0 aromatic heterocycles. The molecule has 15 rings (SSSR count). The Kier molecular flexibility index (Phi) is 10.6. The van der Waals surface area contributed by atoms with Crippen LogP contribution in [-0.2, 0) is 10.8 Å². The van der Waals surface area contributed by atoms with Crippen molar-refractivity contribution in [1.29, 1.82) is 0 Å². The van der Waals surface area contributed by atoms with Crippen LogP contribution in [0.25, 0.3) is 88.3 Å². The van der Waals surface area contributed by atoms with E-state index in [4.69, 9.17) is 0 Å². The van der Waals surface area contributed by atoms with E-state index in [0.29, 0.717) is 0 Å². The van der Waals surface area contributed by atoms with E-state index >= 15 is 0 Å². The second-order valence-corrected chi connectivity index (χ2v) is 21.6. The second kappa shape index (κ2) is 18.0. The van der Waals surface area contributed by atoms with E-state index in [9.17, 15) is 0 Å². The molecule has 2 atom stereocenters. The number of benzene rings is 13. The lowest BCUT2D eigenvalue weighted by Gasteiger charge is -2.34. The zero-order chi connectivity index (χ0) is 52.0. The molecule has 366 valence electrons. The molecule has 0 spiro atoms. The molecule has 0 amide bonds. The Labute approximate surface area is 457 Å². The van der Waals surface area contributed by atoms with Crippen LogP contribution in [0.5, 0.6) is 0 Å². The van der Waals surface area contributed by atoms with Crippen molar-refractivity contribution in [2.24, 2.45) is 0 Å². The van der Waals surface area contributed by atoms with Crippen LogP contribution in [0.1, 0.15) is 55.6 Å². The highest BCUT2D eigenvalue weighted by Crippen LogP contribution is 2.60. The molecule has 0 radical (unpaired) electrons. The zero-order valence-electron chi connectivity index (χ0n) is 43.7. The van der Waals surface area contributed by atoms with Gasteiger partial charge >= 0.3 is 0 Å². The van der Waals surface area contributed by atoms with Crippen LogP contribution in [-0.4, -0.2) is 0 Å². The Bertz CT molecular complexity index is 4110. The second-order valence-electron chi connectivity index (χ2n) is 21.6. The normalized spacial score (nSPS) is 15.9. The van der Waals surface area contributed by atoms with E-state index in [0.717, 1.165) is 0 Å². The molecular weight excluding hydrogens is 937 g/mol. The number of fused-ring (bicyclic) bond motifs is 8. The molecule has 2 unspecified atom stereocenters. The summed E-state index contributed by atoms with van der Waals surface area (Å²) in [5.74, 6) is 0. The Hall–Kier alpha value is -9.62. The minimum Gasteiger partial charge on any atom is -0.0622 e. The maximum atomic E-state index is 2.54. The average Bonchev–Trinajstić information content (AvgIpc) is 4.10. The van der Waals surface area contributed by atoms with Crippen molar-refractivity contribution < 1.29 is 0 Å². The van der Waals surface area contributed by atoms with Crippen molar-refractivity contribution in [2.45, 2.75) is 24.7 Å². The predicted octanol–water partition coefficient (Wildman–Crippen LogP) is 20.0. The molecule has 0 heterocycles. The highest BCUT2D eigenvalue weighted by atomic mass is 14.5. The maximum absolute atomic E-state index is 2.54. The lowest BCUT2D eigenvalue weighted by molar-refractivity contribution is 0.768. The molecule has 0 bridgehead atoms. The predicted molar refractivity (Wildman–Crippen MR) is 327 cm³/mol. The molecule has 0 saturated heterocycles. The maximum Gasteiger partial charge on any atom is 0.0713 e. The van der Waals surface area contributed by atoms with Crippen LogP contribution in [0.15, 0.2) is 291 Å². The molecule has 0 N–H and O–H groups in total. The first-order chi connectivity index (χ1) is 38.5. The van der Waals surface area contributed by atoms with Gasteiger partial charge in [-0.05, 0) is 159 Å². The van der Waals surface area contributed by atoms with Crippen molar-refractivity contribution >= 4 is 21.5 Å². The first-order valence-electron chi connectivity index (χ1n) is 27.4. The highest BCUT2D eigenvalue weighted by molar-refractivity contribution is 6.21. The van der Waals surface area contributed by atoms with Gasteiger partial charge in [-0.1, -0.05) is 290 Å². The van der Waals surface area contributed by atoms with Gasteiger partial charge in [0.1, 0.15) is 0 Å². The topological polar surface area (TPSA) is 0 Å². The van der Waals surface area contributed by atoms with Gasteiger partial charge < -0.3 is 0 Å². The summed E-state index contributed by atoms with van der Waals surface area (Å²) in [7, 11) is 0. The van der Waals surface area contributed by atoms with E-state index in [1.807, 2.05) is 0 Å². The summed E-state index contributed by atoms with van der Waals surface area (Å²) in [5, 5.41) is 4.94. The first-order valence-corrected chi connectivity index (χ1v) is 27.4. The van der Waals surface area contributed by atoms with E-state index in [1.165, 1.54) is 144 Å². The highest BCUT2D eigenvalue weighted by Gasteiger charge is 2.48. The third kappa shape index (κ3) is 6.79. The molecule has 0 heteroatoms. The van der Waals surface area contributed by atoms with Crippen molar-refractivity contribution in [2.75, 3.05) is 0 Å². The van der Waals surface area contributed by atoms with Crippen molar-refractivity contribution in [3.63, 3.8) is 0 Å². The van der Waals surface area contributed by atoms with Crippen LogP contribution in [0.4, 0.5) is 0 Å². The minimum atomic E-state index is -0.565. The number of hydrogen-bond donors (Lipinski definition) is 0. The average molecular weight is 991 g/mol. The van der Waals surface area contributed by atoms with E-state index in [-0.39, 0.29) is 0 Å². The van der Waals surface area contributed by atoms with E-state index in [1.54, 1.807) is 0 Å². The zero-order valence-corrected chi connectivity index (χ0v) is 43.7. The van der Waals surface area contributed by atoms with Crippen molar-refractivity contribution in [1.82, 2.24) is 0 Å². The number of aryl methyl sites for hydroxylation is 2. The lowest BCUT2D eigenvalue weighted by Crippen LogP contribution is -2.28. The van der Waals surface area contributed by atoms with Gasteiger partial charge in [-0.15, -0.1) is 0 Å². The monoisotopic (exact) mass is 990 g/mol. The summed E-state index contributed by atoms with van der Waals surface area (Å²) in [4.78, 5) is 0. The van der Waals surface area contributed by atoms with Gasteiger partial charge in [0.05, 0.1) is 10.8 Å². The van der Waals surface area contributed by atoms with Gasteiger partial charge in [0, 0.05) is 0 Å². The van der Waals surface area contributed by atoms with Gasteiger partial charge in [0.15, 0.2) is 0 Å². The quantitative estimate of drug-likeness (QED) is 0.133. The molecule has 2 aliphatic carbocycles. The third-order valence-electron chi connectivity index (χ3n) is 17.4. The Morgan fingerprint density at radius 1 is 0.205 bits per heavy atom. The molecule has 78 heavy (non-hydrogen) atoms. The van der Waals surface area contributed by atoms with Gasteiger partial charge in [0.25, 0.3) is 0 Å². The summed E-state index contributed by atoms with van der Waals surface area (Å²) < 4.78 is 0. The van der Waals surface area contributed by atoms with Crippen LogP contribution < -0.4 is 0 Å². The molecule has 0 aliphatic heterocycles. The number of rotatable bonds is 8. The molecule has 2 aliphatic rings. The SMILES string of the molecule is Cc1ccc(C2(c3ccc(-c4ccccc4)cc3)c3ccccc3-c3ccc(-c4c5ccccc5c(-c5ccc6c(c5)C(c5ccc(C)cc5)(c5ccc(-c7ccccc7)cc5)c5ccccc5-6)c5ccccc45)cc32)cc1. The molecule has 13 aromatic rings. The largest absolute Gasteiger partial charge is 0.0713 e. The van der Waals surface area contributed by atoms with Gasteiger partial charge in [-0.2, -0.15) is 0 Å². The summed E-state index contributed by atoms with van der Waals surface area (Å²) >= 11 is 0. The molecule has 0 fully saturated rings. The van der Waals surface area contributed by atoms with Gasteiger partial charge in [0.2, 0.25) is 0 Å². The summed E-state index contributed by atoms with van der Waals surface area (Å²) in [6, 6.07) is 110. The Morgan fingerprint density at radius 3 is 0.833 bits per heavy atom. The van der Waals surface area contributed by atoms with E-state index < -0.39 is 10.8 Å². The van der Waals surface area contributed by atoms with Gasteiger partial charge in [-0.25, -0.2) is 0 Å². The Balaban J connectivity index is 0.955. The standard InChI is InChI=1S/C78H54/c1-51-29-39-59(40-30-51)77(61-43-33-55(34-44-61)53-17-5-3-6-18-53)71-27-15-13-21-63(71)65-47-37-57(49-73(65)77)75-67-23-9-11-25-69(67)76(70-26-12-10-24-68(70)75)58-38-48-66-64-22-14-16-28-72(64)78(74(66)50-58,60-41-31-52(2)32-42-60)62-45-35-56(36-46-62)54-19-7-4-8-20-54/h3-50H,1-2H3. The summed E-state index contributed by atoms with van der Waals surface area (Å²) in [5.41, 5.74) is 26.5. The molecule has 0 nitrogen and oxygen atoms in total. The smallest absolute Gasteiger partial charge is 0.0622 e. The first kappa shape index (κ1) is 45.7. The fourth-order valence-electron chi connectivity index (χ4n) is 13.9. The fraction of sp³-hybridized carbons (Fsp3) is 0.0513. The number of hydrogen-bond acceptors (Lipinski definition) is 0. The third-order valence-corrected chi connectivity index (χ3v) is 17.4. The molecule has 13 aromatic carbocycles. The van der Waals surface area contributed by atoms with Crippen molar-refractivity contribution in [3.05, 3.63) is 347 Å². The van der Waals surface area contributed by atoms with Crippen LogP contribution in [0.3, 0.4) is 0 Å². The van der Waals surface area contributed by atoms with E-state index in [2.05, 4.69) is 305 Å². The Morgan fingerprint density at radius 2 is 0.474 bits per heavy atom. The molecular formula is C78H54. The lowest BCUT2D eigenvalue weighted by atomic mass is 9.67. The van der Waals surface area contributed by atoms with Crippen LogP contribution in [0, 0.1) is 13.8 Å². The van der Waals surface area contributed by atoms with Crippen LogP contribution >= 0.6 is 0 Å². The van der Waals surface area contributed by atoms with Gasteiger partial charge in [-0.3, -0.25) is 0 Å². The summed E-state index contributed by atoms with van der Waals surface area (Å²) in [6.45, 7) is 4.37. The minimum absolute atomic E-state index is 0.565. The fourth-order valence-corrected chi connectivity index (χ4v) is 13.9. The molecule has 0 saturated carbocycles. The summed E-state index contributed by atoms with van der Waals surface area (Å²) in [6.07, 6.45) is 0. The van der Waals surface area contributed by atoms with Crippen molar-refractivity contribution in [3.8, 4) is 66.8 Å². The van der Waals surface area contributed by atoms with Crippen LogP contribution in [0.2, 0.25) is 0 Å².